The van der Waals surface area contributed by atoms with Crippen molar-refractivity contribution in [2.75, 3.05) is 13.2 Å². The van der Waals surface area contributed by atoms with Gasteiger partial charge in [0.2, 0.25) is 5.90 Å². The average molecular weight is 258 g/mol. The summed E-state index contributed by atoms with van der Waals surface area (Å²) in [5, 5.41) is 0. The summed E-state index contributed by atoms with van der Waals surface area (Å²) in [5.41, 5.74) is 1.24. The standard InChI is InChI=1S/C14H14N2O3/c17-14-12(9-10-1-5-15-6-2-10)16-13(19-14)11-3-7-18-8-4-11/h1-2,5-6,9,11H,3-4,7-8H2/b12-9+. The van der Waals surface area contributed by atoms with Gasteiger partial charge in [0.15, 0.2) is 5.70 Å². The van der Waals surface area contributed by atoms with Crippen LogP contribution in [0.4, 0.5) is 0 Å². The van der Waals surface area contributed by atoms with E-state index >= 15 is 0 Å². The van der Waals surface area contributed by atoms with Crippen molar-refractivity contribution in [3.63, 3.8) is 0 Å². The van der Waals surface area contributed by atoms with Crippen molar-refractivity contribution in [2.45, 2.75) is 12.8 Å². The quantitative estimate of drug-likeness (QED) is 0.599. The first-order chi connectivity index (χ1) is 9.33. The Kier molecular flexibility index (Phi) is 3.37. The lowest BCUT2D eigenvalue weighted by molar-refractivity contribution is -0.130. The van der Waals surface area contributed by atoms with Crippen molar-refractivity contribution in [1.82, 2.24) is 4.98 Å². The van der Waals surface area contributed by atoms with Gasteiger partial charge in [0.05, 0.1) is 0 Å². The Morgan fingerprint density at radius 3 is 2.68 bits per heavy atom. The summed E-state index contributed by atoms with van der Waals surface area (Å²) in [4.78, 5) is 20.0. The Morgan fingerprint density at radius 2 is 1.95 bits per heavy atom. The second kappa shape index (κ2) is 5.32. The fraction of sp³-hybridized carbons (Fsp3) is 0.357. The van der Waals surface area contributed by atoms with Gasteiger partial charge in [-0.25, -0.2) is 9.79 Å². The molecule has 5 heteroatoms. The molecule has 1 aromatic rings. The molecule has 2 aliphatic heterocycles. The number of ether oxygens (including phenoxy) is 2. The molecule has 19 heavy (non-hydrogen) atoms. The number of hydrogen-bond donors (Lipinski definition) is 0. The third kappa shape index (κ3) is 2.71. The Labute approximate surface area is 111 Å². The number of rotatable bonds is 2. The zero-order chi connectivity index (χ0) is 13.1. The predicted molar refractivity (Wildman–Crippen MR) is 69.3 cm³/mol. The Bertz CT molecular complexity index is 531. The minimum atomic E-state index is -0.377. The zero-order valence-corrected chi connectivity index (χ0v) is 10.4. The lowest BCUT2D eigenvalue weighted by Crippen LogP contribution is -2.24. The van der Waals surface area contributed by atoms with E-state index in [-0.39, 0.29) is 11.9 Å². The summed E-state index contributed by atoms with van der Waals surface area (Å²) in [5.74, 6) is 0.355. The molecule has 5 nitrogen and oxygen atoms in total. The van der Waals surface area contributed by atoms with Gasteiger partial charge in [0.25, 0.3) is 0 Å². The summed E-state index contributed by atoms with van der Waals surface area (Å²) in [6.45, 7) is 1.40. The molecule has 2 aliphatic rings. The second-order valence-corrected chi connectivity index (χ2v) is 4.54. The third-order valence-electron chi connectivity index (χ3n) is 3.22. The monoisotopic (exact) mass is 258 g/mol. The average Bonchev–Trinajstić information content (AvgIpc) is 2.82. The fourth-order valence-electron chi connectivity index (χ4n) is 2.16. The molecular weight excluding hydrogens is 244 g/mol. The van der Waals surface area contributed by atoms with Crippen molar-refractivity contribution < 1.29 is 14.3 Å². The molecule has 0 atom stereocenters. The Hall–Kier alpha value is -2.01. The number of esters is 1. The van der Waals surface area contributed by atoms with Crippen LogP contribution in [0.2, 0.25) is 0 Å². The molecule has 0 spiro atoms. The van der Waals surface area contributed by atoms with E-state index in [0.29, 0.717) is 24.8 Å². The molecule has 98 valence electrons. The number of aromatic nitrogens is 1. The number of carbonyl (C=O) groups excluding carboxylic acids is 1. The summed E-state index contributed by atoms with van der Waals surface area (Å²) >= 11 is 0. The molecule has 0 aromatic carbocycles. The Balaban J connectivity index is 1.81. The van der Waals surface area contributed by atoms with E-state index in [1.54, 1.807) is 18.5 Å². The highest BCUT2D eigenvalue weighted by molar-refractivity contribution is 6.07. The van der Waals surface area contributed by atoms with Crippen LogP contribution in [0.25, 0.3) is 6.08 Å². The highest BCUT2D eigenvalue weighted by Gasteiger charge is 2.30. The number of cyclic esters (lactones) is 1. The highest BCUT2D eigenvalue weighted by Crippen LogP contribution is 2.24. The molecule has 0 radical (unpaired) electrons. The smallest absolute Gasteiger partial charge is 0.363 e. The van der Waals surface area contributed by atoms with Crippen LogP contribution in [0, 0.1) is 5.92 Å². The van der Waals surface area contributed by atoms with Gasteiger partial charge in [-0.1, -0.05) is 0 Å². The van der Waals surface area contributed by atoms with Gasteiger partial charge >= 0.3 is 5.97 Å². The van der Waals surface area contributed by atoms with Crippen LogP contribution in [0.3, 0.4) is 0 Å². The maximum absolute atomic E-state index is 11.8. The molecular formula is C14H14N2O3. The van der Waals surface area contributed by atoms with Gasteiger partial charge in [-0.05, 0) is 36.6 Å². The van der Waals surface area contributed by atoms with Gasteiger partial charge in [-0.3, -0.25) is 4.98 Å². The van der Waals surface area contributed by atoms with E-state index < -0.39 is 0 Å². The van der Waals surface area contributed by atoms with Crippen molar-refractivity contribution in [2.24, 2.45) is 10.9 Å². The molecule has 0 bridgehead atoms. The lowest BCUT2D eigenvalue weighted by atomic mass is 10.0. The number of hydrogen-bond acceptors (Lipinski definition) is 5. The molecule has 0 saturated carbocycles. The summed E-state index contributed by atoms with van der Waals surface area (Å²) in [6.07, 6.45) is 6.78. The molecule has 1 aromatic heterocycles. The largest absolute Gasteiger partial charge is 0.406 e. The molecule has 3 rings (SSSR count). The fourth-order valence-corrected chi connectivity index (χ4v) is 2.16. The molecule has 3 heterocycles. The topological polar surface area (TPSA) is 60.8 Å². The summed E-state index contributed by atoms with van der Waals surface area (Å²) in [6, 6.07) is 3.64. The maximum Gasteiger partial charge on any atom is 0.363 e. The van der Waals surface area contributed by atoms with E-state index in [4.69, 9.17) is 9.47 Å². The first-order valence-corrected chi connectivity index (χ1v) is 6.33. The molecule has 0 aliphatic carbocycles. The van der Waals surface area contributed by atoms with Crippen molar-refractivity contribution >= 4 is 17.9 Å². The molecule has 0 amide bonds. The van der Waals surface area contributed by atoms with Gasteiger partial charge in [0.1, 0.15) is 0 Å². The third-order valence-corrected chi connectivity index (χ3v) is 3.22. The maximum atomic E-state index is 11.8. The highest BCUT2D eigenvalue weighted by atomic mass is 16.6. The lowest BCUT2D eigenvalue weighted by Gasteiger charge is -2.20. The molecule has 1 saturated heterocycles. The van der Waals surface area contributed by atoms with E-state index in [0.717, 1.165) is 18.4 Å². The molecule has 1 fully saturated rings. The van der Waals surface area contributed by atoms with Crippen molar-refractivity contribution in [3.05, 3.63) is 35.8 Å². The van der Waals surface area contributed by atoms with Crippen LogP contribution < -0.4 is 0 Å². The number of nitrogens with zero attached hydrogens (tertiary/aromatic N) is 2. The molecule has 0 unspecified atom stereocenters. The number of carbonyl (C=O) groups is 1. The van der Waals surface area contributed by atoms with E-state index in [1.807, 2.05) is 12.1 Å². The number of pyridine rings is 1. The van der Waals surface area contributed by atoms with Crippen LogP contribution in [0.1, 0.15) is 18.4 Å². The minimum absolute atomic E-state index is 0.195. The van der Waals surface area contributed by atoms with E-state index in [9.17, 15) is 4.79 Å². The summed E-state index contributed by atoms with van der Waals surface area (Å²) < 4.78 is 10.5. The van der Waals surface area contributed by atoms with Crippen molar-refractivity contribution in [1.29, 1.82) is 0 Å². The van der Waals surface area contributed by atoms with Gasteiger partial charge in [-0.2, -0.15) is 0 Å². The first kappa shape index (κ1) is 12.0. The van der Waals surface area contributed by atoms with E-state index in [2.05, 4.69) is 9.98 Å². The summed E-state index contributed by atoms with van der Waals surface area (Å²) in [7, 11) is 0. The van der Waals surface area contributed by atoms with Gasteiger partial charge < -0.3 is 9.47 Å². The van der Waals surface area contributed by atoms with Gasteiger partial charge in [-0.15, -0.1) is 0 Å². The normalized spacial score (nSPS) is 22.4. The number of aliphatic imine (C=N–C) groups is 1. The SMILES string of the molecule is O=C1OC(C2CCOCC2)=N/C1=C/c1ccncc1. The predicted octanol–water partition coefficient (Wildman–Crippen LogP) is 1.80. The van der Waals surface area contributed by atoms with Crippen LogP contribution in [-0.4, -0.2) is 30.1 Å². The van der Waals surface area contributed by atoms with E-state index in [1.165, 1.54) is 0 Å². The second-order valence-electron chi connectivity index (χ2n) is 4.54. The van der Waals surface area contributed by atoms with Crippen LogP contribution in [0.15, 0.2) is 35.2 Å². The van der Waals surface area contributed by atoms with Crippen molar-refractivity contribution in [3.8, 4) is 0 Å². The van der Waals surface area contributed by atoms with Crippen LogP contribution in [0.5, 0.6) is 0 Å². The zero-order valence-electron chi connectivity index (χ0n) is 10.4. The minimum Gasteiger partial charge on any atom is -0.406 e. The van der Waals surface area contributed by atoms with Gasteiger partial charge in [0, 0.05) is 31.5 Å². The van der Waals surface area contributed by atoms with Crippen LogP contribution in [-0.2, 0) is 14.3 Å². The molecule has 0 N–H and O–H groups in total. The van der Waals surface area contributed by atoms with Crippen LogP contribution >= 0.6 is 0 Å². The Morgan fingerprint density at radius 1 is 1.21 bits per heavy atom. The first-order valence-electron chi connectivity index (χ1n) is 6.33.